The van der Waals surface area contributed by atoms with Crippen LogP contribution in [0.2, 0.25) is 0 Å². The molecule has 2 aliphatic heterocycles. The number of para-hydroxylation sites is 1. The first-order valence-corrected chi connectivity index (χ1v) is 14.2. The van der Waals surface area contributed by atoms with Gasteiger partial charge in [-0.3, -0.25) is 9.69 Å². The number of hydrogen-bond donors (Lipinski definition) is 2. The number of aromatic nitrogens is 3. The fourth-order valence-electron chi connectivity index (χ4n) is 5.50. The van der Waals surface area contributed by atoms with Gasteiger partial charge in [0.05, 0.1) is 25.3 Å². The second-order valence-electron chi connectivity index (χ2n) is 9.94. The molecule has 2 atom stereocenters. The Labute approximate surface area is 222 Å². The van der Waals surface area contributed by atoms with Crippen molar-refractivity contribution in [1.82, 2.24) is 24.8 Å². The van der Waals surface area contributed by atoms with Gasteiger partial charge in [-0.25, -0.2) is 9.97 Å². The topological polar surface area (TPSA) is 95.5 Å². The highest BCUT2D eigenvalue weighted by molar-refractivity contribution is 7.15. The van der Waals surface area contributed by atoms with Gasteiger partial charge in [0.2, 0.25) is 11.9 Å². The number of fused-ring (bicyclic) bond motifs is 1. The molecule has 3 aromatic rings. The fourth-order valence-corrected chi connectivity index (χ4v) is 6.16. The van der Waals surface area contributed by atoms with E-state index in [0.717, 1.165) is 65.5 Å². The van der Waals surface area contributed by atoms with Gasteiger partial charge < -0.3 is 20.3 Å². The summed E-state index contributed by atoms with van der Waals surface area (Å²) in [7, 11) is 0. The van der Waals surface area contributed by atoms with Crippen LogP contribution in [0.1, 0.15) is 44.4 Å². The third-order valence-corrected chi connectivity index (χ3v) is 8.20. The number of nitrogens with zero attached hydrogens (tertiary/aromatic N) is 5. The Hall–Kier alpha value is -2.82. The molecule has 1 aromatic carbocycles. The van der Waals surface area contributed by atoms with Crippen LogP contribution in [0.15, 0.2) is 30.5 Å². The second-order valence-corrected chi connectivity index (χ2v) is 11.2. The van der Waals surface area contributed by atoms with Crippen molar-refractivity contribution < 1.29 is 9.53 Å². The smallest absolute Gasteiger partial charge is 0.237 e. The van der Waals surface area contributed by atoms with E-state index in [4.69, 9.17) is 14.7 Å². The van der Waals surface area contributed by atoms with Crippen LogP contribution in [0, 0.1) is 6.92 Å². The Morgan fingerprint density at radius 3 is 2.51 bits per heavy atom. The van der Waals surface area contributed by atoms with Crippen LogP contribution in [-0.4, -0.2) is 81.6 Å². The van der Waals surface area contributed by atoms with Crippen LogP contribution in [0.25, 0.3) is 10.9 Å². The summed E-state index contributed by atoms with van der Waals surface area (Å²) in [6, 6.07) is 8.62. The molecule has 2 aliphatic rings. The van der Waals surface area contributed by atoms with E-state index in [1.807, 2.05) is 37.4 Å². The number of nitrogens with one attached hydrogen (secondary N) is 2. The van der Waals surface area contributed by atoms with Crippen LogP contribution >= 0.6 is 11.3 Å². The molecule has 9 nitrogen and oxygen atoms in total. The van der Waals surface area contributed by atoms with Crippen molar-refractivity contribution in [2.75, 3.05) is 43.5 Å². The largest absolute Gasteiger partial charge is 0.379 e. The van der Waals surface area contributed by atoms with Crippen LogP contribution in [0.5, 0.6) is 0 Å². The van der Waals surface area contributed by atoms with Gasteiger partial charge in [-0.2, -0.15) is 4.98 Å². The van der Waals surface area contributed by atoms with Gasteiger partial charge in [0.1, 0.15) is 5.82 Å². The van der Waals surface area contributed by atoms with E-state index in [0.29, 0.717) is 25.7 Å². The second kappa shape index (κ2) is 11.7. The molecule has 4 heterocycles. The zero-order valence-corrected chi connectivity index (χ0v) is 22.8. The van der Waals surface area contributed by atoms with Crippen molar-refractivity contribution in [2.24, 2.45) is 0 Å². The SMILES string of the molecule is CCC1CC(Nc2nc(Nc3ncc(C)s3)c3ccccc3n2)CC(CC)N1C(=O)CN1CCOCC1. The maximum Gasteiger partial charge on any atom is 0.237 e. The number of carbonyl (C=O) groups excluding carboxylic acids is 1. The van der Waals surface area contributed by atoms with Crippen molar-refractivity contribution in [3.8, 4) is 0 Å². The monoisotopic (exact) mass is 523 g/mol. The molecule has 2 fully saturated rings. The van der Waals surface area contributed by atoms with E-state index >= 15 is 0 Å². The normalized spacial score (nSPS) is 22.8. The summed E-state index contributed by atoms with van der Waals surface area (Å²) in [4.78, 5) is 33.1. The molecule has 1 amide bonds. The zero-order valence-electron chi connectivity index (χ0n) is 21.9. The van der Waals surface area contributed by atoms with Crippen molar-refractivity contribution in [1.29, 1.82) is 0 Å². The zero-order chi connectivity index (χ0) is 25.8. The minimum atomic E-state index is 0.193. The molecule has 0 aliphatic carbocycles. The lowest BCUT2D eigenvalue weighted by molar-refractivity contribution is -0.141. The van der Waals surface area contributed by atoms with Gasteiger partial charge in [-0.1, -0.05) is 26.0 Å². The van der Waals surface area contributed by atoms with E-state index in [2.05, 4.69) is 39.3 Å². The summed E-state index contributed by atoms with van der Waals surface area (Å²) in [6.07, 6.45) is 5.48. The summed E-state index contributed by atoms with van der Waals surface area (Å²) in [5, 5.41) is 8.80. The minimum absolute atomic E-state index is 0.193. The van der Waals surface area contributed by atoms with Gasteiger partial charge in [-0.15, -0.1) is 11.3 Å². The molecule has 0 radical (unpaired) electrons. The molecule has 2 aromatic heterocycles. The Kier molecular flexibility index (Phi) is 8.17. The van der Waals surface area contributed by atoms with E-state index in [9.17, 15) is 4.79 Å². The Morgan fingerprint density at radius 1 is 1.11 bits per heavy atom. The maximum atomic E-state index is 13.4. The van der Waals surface area contributed by atoms with Crippen LogP contribution in [0.3, 0.4) is 0 Å². The molecule has 0 saturated carbocycles. The Bertz CT molecular complexity index is 1200. The van der Waals surface area contributed by atoms with Crippen molar-refractivity contribution in [2.45, 2.75) is 64.6 Å². The minimum Gasteiger partial charge on any atom is -0.379 e. The summed E-state index contributed by atoms with van der Waals surface area (Å²) in [5.41, 5.74) is 0.882. The molecular formula is C27H37N7O2S. The molecule has 2 unspecified atom stereocenters. The first-order valence-electron chi connectivity index (χ1n) is 13.4. The number of anilines is 3. The first-order chi connectivity index (χ1) is 18.0. The molecule has 5 rings (SSSR count). The molecule has 0 spiro atoms. The van der Waals surface area contributed by atoms with Gasteiger partial charge in [0.25, 0.3) is 0 Å². The van der Waals surface area contributed by atoms with Crippen LogP contribution < -0.4 is 10.6 Å². The average molecular weight is 524 g/mol. The van der Waals surface area contributed by atoms with Gasteiger partial charge >= 0.3 is 0 Å². The number of thiazole rings is 1. The quantitative estimate of drug-likeness (QED) is 0.448. The summed E-state index contributed by atoms with van der Waals surface area (Å²) in [6.45, 7) is 9.95. The number of rotatable bonds is 8. The number of aryl methyl sites for hydroxylation is 1. The lowest BCUT2D eigenvalue weighted by Gasteiger charge is -2.46. The predicted molar refractivity (Wildman–Crippen MR) is 149 cm³/mol. The number of benzene rings is 1. The lowest BCUT2D eigenvalue weighted by Crippen LogP contribution is -2.57. The van der Waals surface area contributed by atoms with Gasteiger partial charge in [0.15, 0.2) is 5.13 Å². The fraction of sp³-hybridized carbons (Fsp3) is 0.556. The van der Waals surface area contributed by atoms with Gasteiger partial charge in [-0.05, 0) is 44.7 Å². The number of ether oxygens (including phenoxy) is 1. The third kappa shape index (κ3) is 6.02. The average Bonchev–Trinajstić information content (AvgIpc) is 3.32. The molecule has 2 N–H and O–H groups in total. The summed E-state index contributed by atoms with van der Waals surface area (Å²) in [5.74, 6) is 1.60. The standard InChI is InChI=1S/C27H37N7O2S/c1-4-20-14-19(15-21(5-2)34(20)24(35)17-33-10-12-36-13-11-33)29-26-30-23-9-7-6-8-22(23)25(31-26)32-27-28-16-18(3)37-27/h6-9,16,19-21H,4-5,10-15,17H2,1-3H3,(H2,28,29,30,31,32). The Morgan fingerprint density at radius 2 is 1.84 bits per heavy atom. The number of carbonyl (C=O) groups is 1. The maximum absolute atomic E-state index is 13.4. The summed E-state index contributed by atoms with van der Waals surface area (Å²) < 4.78 is 5.46. The summed E-state index contributed by atoms with van der Waals surface area (Å²) >= 11 is 1.60. The number of likely N-dealkylation sites (tertiary alicyclic amines) is 1. The highest BCUT2D eigenvalue weighted by Gasteiger charge is 2.37. The van der Waals surface area contributed by atoms with Crippen molar-refractivity contribution in [3.63, 3.8) is 0 Å². The highest BCUT2D eigenvalue weighted by atomic mass is 32.1. The lowest BCUT2D eigenvalue weighted by atomic mass is 9.88. The Balaban J connectivity index is 1.33. The number of amides is 1. The third-order valence-electron chi connectivity index (χ3n) is 7.38. The highest BCUT2D eigenvalue weighted by Crippen LogP contribution is 2.31. The molecular weight excluding hydrogens is 486 g/mol. The van der Waals surface area contributed by atoms with Crippen molar-refractivity contribution in [3.05, 3.63) is 35.3 Å². The number of hydrogen-bond acceptors (Lipinski definition) is 9. The van der Waals surface area contributed by atoms with Gasteiger partial charge in [0, 0.05) is 47.7 Å². The van der Waals surface area contributed by atoms with E-state index in [1.54, 1.807) is 11.3 Å². The molecule has 2 saturated heterocycles. The molecule has 198 valence electrons. The van der Waals surface area contributed by atoms with E-state index in [-0.39, 0.29) is 24.0 Å². The molecule has 37 heavy (non-hydrogen) atoms. The number of morpholine rings is 1. The van der Waals surface area contributed by atoms with Crippen LogP contribution in [0.4, 0.5) is 16.9 Å². The first kappa shape index (κ1) is 25.8. The molecule has 0 bridgehead atoms. The van der Waals surface area contributed by atoms with Crippen LogP contribution in [-0.2, 0) is 9.53 Å². The predicted octanol–water partition coefficient (Wildman–Crippen LogP) is 4.43. The number of piperidine rings is 1. The van der Waals surface area contributed by atoms with E-state index in [1.165, 1.54) is 0 Å². The van der Waals surface area contributed by atoms with Crippen molar-refractivity contribution >= 4 is 45.0 Å². The molecule has 10 heteroatoms. The van der Waals surface area contributed by atoms with E-state index < -0.39 is 0 Å².